The van der Waals surface area contributed by atoms with Gasteiger partial charge < -0.3 is 10.1 Å². The molecule has 0 spiro atoms. The lowest BCUT2D eigenvalue weighted by atomic mass is 9.94. The first-order valence-corrected chi connectivity index (χ1v) is 9.03. The van der Waals surface area contributed by atoms with Gasteiger partial charge in [-0.1, -0.05) is 0 Å². The molecule has 0 saturated carbocycles. The minimum Gasteiger partial charge on any atom is -0.493 e. The topological polar surface area (TPSA) is 67.4 Å². The van der Waals surface area contributed by atoms with Crippen molar-refractivity contribution in [2.75, 3.05) is 19.7 Å². The van der Waals surface area contributed by atoms with E-state index in [4.69, 9.17) is 4.74 Å². The number of rotatable bonds is 4. The average molecular weight is 310 g/mol. The molecule has 2 atom stereocenters. The summed E-state index contributed by atoms with van der Waals surface area (Å²) in [5.74, 6) is 1.16. The second kappa shape index (κ2) is 5.94. The Balaban J connectivity index is 1.74. The molecule has 2 unspecified atom stereocenters. The van der Waals surface area contributed by atoms with Crippen molar-refractivity contribution in [1.82, 2.24) is 10.0 Å². The Hall–Kier alpha value is -1.11. The first-order valence-electron chi connectivity index (χ1n) is 7.55. The largest absolute Gasteiger partial charge is 0.493 e. The summed E-state index contributed by atoms with van der Waals surface area (Å²) in [5.41, 5.74) is 0.977. The lowest BCUT2D eigenvalue weighted by molar-refractivity contribution is 0.320. The maximum absolute atomic E-state index is 12.5. The van der Waals surface area contributed by atoms with E-state index in [0.717, 1.165) is 43.7 Å². The Labute approximate surface area is 126 Å². The summed E-state index contributed by atoms with van der Waals surface area (Å²) in [6.45, 7) is 4.49. The molecule has 2 N–H and O–H groups in total. The van der Waals surface area contributed by atoms with Crippen LogP contribution in [0.3, 0.4) is 0 Å². The number of piperidine rings is 1. The van der Waals surface area contributed by atoms with Crippen molar-refractivity contribution in [3.63, 3.8) is 0 Å². The molecule has 21 heavy (non-hydrogen) atoms. The standard InChI is InChI=1S/C15H22N2O3S/c1-11(13-3-2-7-16-10-13)17-21(18,19)14-4-5-15-12(9-14)6-8-20-15/h4-5,9,11,13,16-17H,2-3,6-8,10H2,1H3. The molecule has 1 aromatic carbocycles. The van der Waals surface area contributed by atoms with Crippen LogP contribution in [-0.2, 0) is 16.4 Å². The van der Waals surface area contributed by atoms with E-state index in [0.29, 0.717) is 17.4 Å². The summed E-state index contributed by atoms with van der Waals surface area (Å²) in [4.78, 5) is 0.336. The van der Waals surface area contributed by atoms with Gasteiger partial charge in [0.2, 0.25) is 10.0 Å². The summed E-state index contributed by atoms with van der Waals surface area (Å²) >= 11 is 0. The molecule has 0 bridgehead atoms. The molecule has 0 aromatic heterocycles. The Kier molecular flexibility index (Phi) is 4.19. The molecule has 3 rings (SSSR count). The van der Waals surface area contributed by atoms with Crippen molar-refractivity contribution in [3.05, 3.63) is 23.8 Å². The molecule has 0 radical (unpaired) electrons. The highest BCUT2D eigenvalue weighted by Crippen LogP contribution is 2.28. The van der Waals surface area contributed by atoms with Gasteiger partial charge in [0, 0.05) is 12.5 Å². The molecule has 2 heterocycles. The SMILES string of the molecule is CC(NS(=O)(=O)c1ccc2c(c1)CCO2)C1CCCNC1. The molecular formula is C15H22N2O3S. The van der Waals surface area contributed by atoms with Crippen LogP contribution in [0.1, 0.15) is 25.3 Å². The number of sulfonamides is 1. The average Bonchev–Trinajstić information content (AvgIpc) is 2.95. The van der Waals surface area contributed by atoms with Crippen LogP contribution in [0, 0.1) is 5.92 Å². The molecular weight excluding hydrogens is 288 g/mol. The van der Waals surface area contributed by atoms with Gasteiger partial charge in [-0.25, -0.2) is 13.1 Å². The molecule has 2 aliphatic rings. The molecule has 2 aliphatic heterocycles. The lowest BCUT2D eigenvalue weighted by Crippen LogP contribution is -2.44. The molecule has 0 amide bonds. The zero-order valence-corrected chi connectivity index (χ0v) is 13.1. The van der Waals surface area contributed by atoms with E-state index >= 15 is 0 Å². The molecule has 1 fully saturated rings. The molecule has 5 nitrogen and oxygen atoms in total. The van der Waals surface area contributed by atoms with E-state index in [1.54, 1.807) is 18.2 Å². The summed E-state index contributed by atoms with van der Waals surface area (Å²) in [6, 6.07) is 5.05. The quantitative estimate of drug-likeness (QED) is 0.879. The number of hydrogen-bond donors (Lipinski definition) is 2. The fraction of sp³-hybridized carbons (Fsp3) is 0.600. The third-order valence-corrected chi connectivity index (χ3v) is 5.91. The van der Waals surface area contributed by atoms with Gasteiger partial charge >= 0.3 is 0 Å². The monoisotopic (exact) mass is 310 g/mol. The van der Waals surface area contributed by atoms with Crippen molar-refractivity contribution in [3.8, 4) is 5.75 Å². The highest BCUT2D eigenvalue weighted by Gasteiger charge is 2.26. The smallest absolute Gasteiger partial charge is 0.240 e. The second-order valence-electron chi connectivity index (χ2n) is 5.88. The summed E-state index contributed by atoms with van der Waals surface area (Å²) in [5, 5.41) is 3.32. The van der Waals surface area contributed by atoms with Gasteiger partial charge in [0.25, 0.3) is 0 Å². The van der Waals surface area contributed by atoms with E-state index in [9.17, 15) is 8.42 Å². The van der Waals surface area contributed by atoms with Gasteiger partial charge in [-0.05, 0) is 62.5 Å². The lowest BCUT2D eigenvalue weighted by Gasteiger charge is -2.28. The summed E-state index contributed by atoms with van der Waals surface area (Å²) < 4.78 is 33.3. The van der Waals surface area contributed by atoms with Crippen LogP contribution < -0.4 is 14.8 Å². The third-order valence-electron chi connectivity index (χ3n) is 4.35. The maximum Gasteiger partial charge on any atom is 0.240 e. The van der Waals surface area contributed by atoms with Crippen LogP contribution in [0.25, 0.3) is 0 Å². The van der Waals surface area contributed by atoms with Crippen molar-refractivity contribution in [2.24, 2.45) is 5.92 Å². The third kappa shape index (κ3) is 3.22. The van der Waals surface area contributed by atoms with Crippen molar-refractivity contribution >= 4 is 10.0 Å². The first kappa shape index (κ1) is 14.8. The first-order chi connectivity index (χ1) is 10.1. The summed E-state index contributed by atoms with van der Waals surface area (Å²) in [6.07, 6.45) is 2.95. The fourth-order valence-corrected chi connectivity index (χ4v) is 4.41. The Morgan fingerprint density at radius 1 is 1.43 bits per heavy atom. The Morgan fingerprint density at radius 3 is 3.05 bits per heavy atom. The number of fused-ring (bicyclic) bond motifs is 1. The van der Waals surface area contributed by atoms with Crippen LogP contribution >= 0.6 is 0 Å². The second-order valence-corrected chi connectivity index (χ2v) is 7.60. The van der Waals surface area contributed by atoms with Gasteiger partial charge in [0.15, 0.2) is 0 Å². The fourth-order valence-electron chi connectivity index (χ4n) is 3.04. The van der Waals surface area contributed by atoms with Crippen molar-refractivity contribution < 1.29 is 13.2 Å². The number of benzene rings is 1. The molecule has 6 heteroatoms. The molecule has 1 saturated heterocycles. The molecule has 1 aromatic rings. The van der Waals surface area contributed by atoms with E-state index in [1.807, 2.05) is 6.92 Å². The minimum atomic E-state index is -3.46. The van der Waals surface area contributed by atoms with Crippen LogP contribution in [0.5, 0.6) is 5.75 Å². The van der Waals surface area contributed by atoms with E-state index in [2.05, 4.69) is 10.0 Å². The highest BCUT2D eigenvalue weighted by molar-refractivity contribution is 7.89. The van der Waals surface area contributed by atoms with Crippen LogP contribution in [0.15, 0.2) is 23.1 Å². The maximum atomic E-state index is 12.5. The van der Waals surface area contributed by atoms with Crippen LogP contribution in [0.2, 0.25) is 0 Å². The van der Waals surface area contributed by atoms with Gasteiger partial charge in [-0.3, -0.25) is 0 Å². The van der Waals surface area contributed by atoms with Gasteiger partial charge in [-0.2, -0.15) is 0 Å². The van der Waals surface area contributed by atoms with Crippen LogP contribution in [-0.4, -0.2) is 34.2 Å². The Bertz CT molecular complexity index is 609. The van der Waals surface area contributed by atoms with Crippen molar-refractivity contribution in [1.29, 1.82) is 0 Å². The predicted molar refractivity (Wildman–Crippen MR) is 81.0 cm³/mol. The molecule has 116 valence electrons. The number of hydrogen-bond acceptors (Lipinski definition) is 4. The van der Waals surface area contributed by atoms with Crippen LogP contribution in [0.4, 0.5) is 0 Å². The van der Waals surface area contributed by atoms with Gasteiger partial charge in [0.1, 0.15) is 5.75 Å². The predicted octanol–water partition coefficient (Wildman–Crippen LogP) is 1.29. The minimum absolute atomic E-state index is 0.0627. The van der Waals surface area contributed by atoms with Gasteiger partial charge in [-0.15, -0.1) is 0 Å². The van der Waals surface area contributed by atoms with Gasteiger partial charge in [0.05, 0.1) is 11.5 Å². The zero-order chi connectivity index (χ0) is 14.9. The Morgan fingerprint density at radius 2 is 2.29 bits per heavy atom. The number of ether oxygens (including phenoxy) is 1. The van der Waals surface area contributed by atoms with E-state index in [1.165, 1.54) is 0 Å². The molecule has 0 aliphatic carbocycles. The highest BCUT2D eigenvalue weighted by atomic mass is 32.2. The van der Waals surface area contributed by atoms with E-state index < -0.39 is 10.0 Å². The van der Waals surface area contributed by atoms with Crippen molar-refractivity contribution in [2.45, 2.75) is 37.1 Å². The number of nitrogens with one attached hydrogen (secondary N) is 2. The van der Waals surface area contributed by atoms with E-state index in [-0.39, 0.29) is 6.04 Å². The zero-order valence-electron chi connectivity index (χ0n) is 12.3. The normalized spacial score (nSPS) is 23.4. The summed E-state index contributed by atoms with van der Waals surface area (Å²) in [7, 11) is -3.46.